The molecule has 0 aliphatic rings. The fraction of sp³-hybridized carbons (Fsp3) is 0.143. The lowest BCUT2D eigenvalue weighted by molar-refractivity contribution is 0.403. The molecule has 2 aromatic rings. The van der Waals surface area contributed by atoms with Crippen LogP contribution in [0.15, 0.2) is 40.0 Å². The highest BCUT2D eigenvalue weighted by molar-refractivity contribution is 7.90. The Morgan fingerprint density at radius 1 is 1.30 bits per heavy atom. The van der Waals surface area contributed by atoms with Crippen LogP contribution in [0.3, 0.4) is 0 Å². The Bertz CT molecular complexity index is 660. The van der Waals surface area contributed by atoms with E-state index in [9.17, 15) is 9.35 Å². The molecule has 0 aliphatic heterocycles. The van der Waals surface area contributed by atoms with Crippen LogP contribution in [0.2, 0.25) is 0 Å². The molecule has 1 heterocycles. The van der Waals surface area contributed by atoms with Crippen molar-refractivity contribution >= 4 is 23.3 Å². The van der Waals surface area contributed by atoms with Gasteiger partial charge in [0.1, 0.15) is 6.26 Å². The van der Waals surface area contributed by atoms with Crippen molar-refractivity contribution in [2.75, 3.05) is 13.4 Å². The number of methoxy groups -OCH3 is 1. The van der Waals surface area contributed by atoms with Crippen molar-refractivity contribution in [1.29, 1.82) is 0 Å². The minimum Gasteiger partial charge on any atom is -0.612 e. The third kappa shape index (κ3) is 3.49. The fourth-order valence-corrected chi connectivity index (χ4v) is 2.39. The molecule has 1 N–H and O–H groups in total. The van der Waals surface area contributed by atoms with Gasteiger partial charge in [-0.15, -0.1) is 0 Å². The molecule has 104 valence electrons. The molecule has 1 atom stereocenters. The Labute approximate surface area is 119 Å². The average molecular weight is 290 g/mol. The lowest BCUT2D eigenvalue weighted by Gasteiger charge is -2.09. The van der Waals surface area contributed by atoms with E-state index in [1.807, 2.05) is 12.1 Å². The van der Waals surface area contributed by atoms with Gasteiger partial charge in [-0.2, -0.15) is 5.10 Å². The number of rotatable bonds is 4. The normalized spacial score (nSPS) is 12.6. The largest absolute Gasteiger partial charge is 0.612 e. The van der Waals surface area contributed by atoms with Crippen LogP contribution in [0.1, 0.15) is 11.3 Å². The number of aromatic amines is 1. The summed E-state index contributed by atoms with van der Waals surface area (Å²) in [7, 11) is 1.55. The van der Waals surface area contributed by atoms with Crippen molar-refractivity contribution in [3.63, 3.8) is 0 Å². The molecule has 5 nitrogen and oxygen atoms in total. The minimum atomic E-state index is -1.12. The number of H-pyrrole nitrogens is 1. The van der Waals surface area contributed by atoms with Gasteiger partial charge in [-0.3, -0.25) is 4.79 Å². The summed E-state index contributed by atoms with van der Waals surface area (Å²) >= 11 is -1.12. The van der Waals surface area contributed by atoms with Gasteiger partial charge in [-0.25, -0.2) is 5.10 Å². The molecule has 0 aliphatic carbocycles. The number of benzene rings is 1. The summed E-state index contributed by atoms with van der Waals surface area (Å²) in [6.45, 7) is 0. The summed E-state index contributed by atoms with van der Waals surface area (Å²) in [4.78, 5) is 11.5. The second-order valence-electron chi connectivity index (χ2n) is 4.04. The van der Waals surface area contributed by atoms with Gasteiger partial charge in [-0.05, 0) is 34.9 Å². The first kappa shape index (κ1) is 14.4. The number of hydrogen-bond donors (Lipinski definition) is 1. The van der Waals surface area contributed by atoms with Gasteiger partial charge >= 0.3 is 0 Å². The van der Waals surface area contributed by atoms with Crippen LogP contribution in [0.5, 0.6) is 5.75 Å². The molecule has 0 fully saturated rings. The summed E-state index contributed by atoms with van der Waals surface area (Å²) in [6, 6.07) is 8.47. The molecule has 0 spiro atoms. The predicted molar refractivity (Wildman–Crippen MR) is 79.1 cm³/mol. The molecule has 0 bridgehead atoms. The second-order valence-corrected chi connectivity index (χ2v) is 5.39. The van der Waals surface area contributed by atoms with E-state index < -0.39 is 11.2 Å². The van der Waals surface area contributed by atoms with E-state index in [0.29, 0.717) is 16.3 Å². The van der Waals surface area contributed by atoms with Crippen molar-refractivity contribution < 1.29 is 9.29 Å². The zero-order valence-electron chi connectivity index (χ0n) is 11.1. The van der Waals surface area contributed by atoms with Crippen molar-refractivity contribution in [3.05, 3.63) is 51.9 Å². The van der Waals surface area contributed by atoms with Gasteiger partial charge in [0.05, 0.1) is 12.8 Å². The van der Waals surface area contributed by atoms with E-state index in [4.69, 9.17) is 4.74 Å². The summed E-state index contributed by atoms with van der Waals surface area (Å²) < 4.78 is 16.8. The van der Waals surface area contributed by atoms with Crippen LogP contribution in [0.4, 0.5) is 0 Å². The highest BCUT2D eigenvalue weighted by Gasteiger charge is 2.12. The van der Waals surface area contributed by atoms with Crippen LogP contribution >= 0.6 is 0 Å². The Morgan fingerprint density at radius 3 is 2.70 bits per heavy atom. The smallest absolute Gasteiger partial charge is 0.264 e. The summed E-state index contributed by atoms with van der Waals surface area (Å²) in [5.74, 6) is 0.602. The zero-order chi connectivity index (χ0) is 14.5. The Kier molecular flexibility index (Phi) is 4.60. The van der Waals surface area contributed by atoms with Crippen molar-refractivity contribution in [1.82, 2.24) is 10.2 Å². The quantitative estimate of drug-likeness (QED) is 0.869. The van der Waals surface area contributed by atoms with Crippen LogP contribution < -0.4 is 10.3 Å². The third-order valence-corrected chi connectivity index (χ3v) is 3.58. The van der Waals surface area contributed by atoms with E-state index in [-0.39, 0.29) is 5.56 Å². The Balaban J connectivity index is 2.27. The molecule has 20 heavy (non-hydrogen) atoms. The average Bonchev–Trinajstić information content (AvgIpc) is 2.46. The van der Waals surface area contributed by atoms with Crippen LogP contribution in [-0.2, 0) is 11.2 Å². The molecular weight excluding hydrogens is 276 g/mol. The number of ether oxygens (including phenoxy) is 1. The number of nitrogens with one attached hydrogen (secondary N) is 1. The minimum absolute atomic E-state index is 0.240. The fourth-order valence-electron chi connectivity index (χ4n) is 1.65. The predicted octanol–water partition coefficient (Wildman–Crippen LogP) is 1.69. The molecule has 2 rings (SSSR count). The number of hydrogen-bond acceptors (Lipinski definition) is 4. The van der Waals surface area contributed by atoms with Crippen LogP contribution in [0, 0.1) is 0 Å². The van der Waals surface area contributed by atoms with E-state index in [1.54, 1.807) is 37.6 Å². The van der Waals surface area contributed by atoms with Gasteiger partial charge in [0.25, 0.3) is 5.56 Å². The Hall–Kier alpha value is -2.05. The second kappa shape index (κ2) is 6.40. The summed E-state index contributed by atoms with van der Waals surface area (Å²) in [6.07, 6.45) is 5.20. The molecule has 1 aromatic heterocycles. The van der Waals surface area contributed by atoms with E-state index in [0.717, 1.165) is 5.56 Å². The van der Waals surface area contributed by atoms with E-state index >= 15 is 0 Å². The first-order chi connectivity index (χ1) is 9.60. The maximum absolute atomic E-state index is 11.6. The molecule has 1 aromatic carbocycles. The van der Waals surface area contributed by atoms with Gasteiger partial charge in [0.15, 0.2) is 10.6 Å². The lowest BCUT2D eigenvalue weighted by Crippen LogP contribution is -2.05. The molecule has 6 heteroatoms. The molecular formula is C14H14N2O3S. The molecule has 0 amide bonds. The van der Waals surface area contributed by atoms with Crippen LogP contribution in [0.25, 0.3) is 12.2 Å². The molecule has 1 unspecified atom stereocenters. The molecule has 0 radical (unpaired) electrons. The van der Waals surface area contributed by atoms with Crippen molar-refractivity contribution in [2.45, 2.75) is 4.90 Å². The molecule has 0 saturated heterocycles. The first-order valence-electron chi connectivity index (χ1n) is 5.85. The molecule has 0 saturated carbocycles. The highest BCUT2D eigenvalue weighted by Crippen LogP contribution is 2.25. The number of nitrogens with zero attached hydrogens (tertiary/aromatic N) is 1. The van der Waals surface area contributed by atoms with E-state index in [2.05, 4.69) is 10.2 Å². The lowest BCUT2D eigenvalue weighted by atomic mass is 10.2. The topological polar surface area (TPSA) is 78.0 Å². The van der Waals surface area contributed by atoms with Gasteiger partial charge < -0.3 is 9.29 Å². The standard InChI is InChI=1S/C14H14N2O3S/c1-19-12-7-4-10(9-13(12)20(2)18)3-5-11-6-8-14(17)16-15-11/h3-9H,1-2H3,(H,16,17). The highest BCUT2D eigenvalue weighted by atomic mass is 32.2. The van der Waals surface area contributed by atoms with Gasteiger partial charge in [0, 0.05) is 12.1 Å². The van der Waals surface area contributed by atoms with Crippen molar-refractivity contribution in [2.24, 2.45) is 0 Å². The maximum atomic E-state index is 11.6. The number of aromatic nitrogens is 2. The Morgan fingerprint density at radius 2 is 2.10 bits per heavy atom. The summed E-state index contributed by atoms with van der Waals surface area (Å²) in [5, 5.41) is 6.23. The third-order valence-electron chi connectivity index (χ3n) is 2.64. The monoisotopic (exact) mass is 290 g/mol. The zero-order valence-corrected chi connectivity index (χ0v) is 11.9. The maximum Gasteiger partial charge on any atom is 0.264 e. The summed E-state index contributed by atoms with van der Waals surface area (Å²) in [5.41, 5.74) is 1.28. The van der Waals surface area contributed by atoms with E-state index in [1.165, 1.54) is 6.07 Å². The van der Waals surface area contributed by atoms with Crippen LogP contribution in [-0.4, -0.2) is 28.1 Å². The first-order valence-corrected chi connectivity index (χ1v) is 7.41. The van der Waals surface area contributed by atoms with Gasteiger partial charge in [-0.1, -0.05) is 12.1 Å². The van der Waals surface area contributed by atoms with Crippen molar-refractivity contribution in [3.8, 4) is 5.75 Å². The van der Waals surface area contributed by atoms with Gasteiger partial charge in [0.2, 0.25) is 0 Å². The SMILES string of the molecule is COc1ccc(C=Cc2ccc(=O)[nH]n2)cc1[S+](C)[O-].